The molecule has 0 unspecified atom stereocenters. The summed E-state index contributed by atoms with van der Waals surface area (Å²) >= 11 is 15.4. The maximum absolute atomic E-state index is 12.3. The van der Waals surface area contributed by atoms with E-state index in [1.165, 1.54) is 0 Å². The summed E-state index contributed by atoms with van der Waals surface area (Å²) < 4.78 is 0.692. The standard InChI is InChI=1S/C13H7BrCl2O/c14-10-6-3-5-9(12(10)16)13(17)8-4-1-2-7-11(8)15/h1-7H. The molecule has 0 radical (unpaired) electrons. The molecule has 0 saturated carbocycles. The first kappa shape index (κ1) is 12.6. The van der Waals surface area contributed by atoms with Gasteiger partial charge in [-0.1, -0.05) is 41.4 Å². The Morgan fingerprint density at radius 2 is 1.59 bits per heavy atom. The highest BCUT2D eigenvalue weighted by atomic mass is 79.9. The lowest BCUT2D eigenvalue weighted by Gasteiger charge is -2.06. The van der Waals surface area contributed by atoms with Crippen LogP contribution in [0.1, 0.15) is 15.9 Å². The molecular weight excluding hydrogens is 323 g/mol. The highest BCUT2D eigenvalue weighted by Crippen LogP contribution is 2.29. The molecule has 0 N–H and O–H groups in total. The second-order valence-corrected chi connectivity index (χ2v) is 5.05. The van der Waals surface area contributed by atoms with Crippen molar-refractivity contribution >= 4 is 44.9 Å². The van der Waals surface area contributed by atoms with E-state index in [4.69, 9.17) is 23.2 Å². The fourth-order valence-corrected chi connectivity index (χ4v) is 2.27. The number of hydrogen-bond acceptors (Lipinski definition) is 1. The topological polar surface area (TPSA) is 17.1 Å². The van der Waals surface area contributed by atoms with Crippen LogP contribution in [0.15, 0.2) is 46.9 Å². The van der Waals surface area contributed by atoms with Crippen molar-refractivity contribution in [3.05, 3.63) is 68.1 Å². The Bertz CT molecular complexity index is 581. The summed E-state index contributed by atoms with van der Waals surface area (Å²) in [5, 5.41) is 0.825. The second-order valence-electron chi connectivity index (χ2n) is 3.41. The van der Waals surface area contributed by atoms with Crippen LogP contribution in [0.2, 0.25) is 10.0 Å². The molecule has 0 spiro atoms. The Kier molecular flexibility index (Phi) is 3.87. The zero-order valence-electron chi connectivity index (χ0n) is 8.58. The third kappa shape index (κ3) is 2.54. The minimum atomic E-state index is -0.179. The lowest BCUT2D eigenvalue weighted by molar-refractivity contribution is 0.103. The van der Waals surface area contributed by atoms with E-state index in [1.54, 1.807) is 42.5 Å². The zero-order valence-corrected chi connectivity index (χ0v) is 11.7. The molecule has 4 heteroatoms. The van der Waals surface area contributed by atoms with Crippen LogP contribution in [0, 0.1) is 0 Å². The molecule has 0 fully saturated rings. The second kappa shape index (κ2) is 5.21. The Morgan fingerprint density at radius 3 is 2.29 bits per heavy atom. The van der Waals surface area contributed by atoms with E-state index in [2.05, 4.69) is 15.9 Å². The monoisotopic (exact) mass is 328 g/mol. The van der Waals surface area contributed by atoms with Crippen LogP contribution < -0.4 is 0 Å². The van der Waals surface area contributed by atoms with Gasteiger partial charge in [0.2, 0.25) is 0 Å². The minimum Gasteiger partial charge on any atom is -0.288 e. The number of halogens is 3. The van der Waals surface area contributed by atoms with Gasteiger partial charge >= 0.3 is 0 Å². The summed E-state index contributed by atoms with van der Waals surface area (Å²) in [6, 6.07) is 12.1. The van der Waals surface area contributed by atoms with E-state index >= 15 is 0 Å². The van der Waals surface area contributed by atoms with E-state index in [0.717, 1.165) is 0 Å². The molecule has 0 heterocycles. The van der Waals surface area contributed by atoms with Gasteiger partial charge in [-0.05, 0) is 40.2 Å². The summed E-state index contributed by atoms with van der Waals surface area (Å²) in [4.78, 5) is 12.3. The molecule has 2 rings (SSSR count). The largest absolute Gasteiger partial charge is 0.288 e. The first-order valence-electron chi connectivity index (χ1n) is 4.84. The first-order valence-corrected chi connectivity index (χ1v) is 6.39. The highest BCUT2D eigenvalue weighted by Gasteiger charge is 2.16. The van der Waals surface area contributed by atoms with Gasteiger partial charge in [-0.3, -0.25) is 4.79 Å². The van der Waals surface area contributed by atoms with Gasteiger partial charge in [0.1, 0.15) is 0 Å². The van der Waals surface area contributed by atoms with Crippen LogP contribution in [0.25, 0.3) is 0 Å². The predicted octanol–water partition coefficient (Wildman–Crippen LogP) is 4.99. The van der Waals surface area contributed by atoms with Crippen LogP contribution in [0.4, 0.5) is 0 Å². The van der Waals surface area contributed by atoms with Gasteiger partial charge in [0.15, 0.2) is 5.78 Å². The molecule has 0 aliphatic heterocycles. The molecule has 17 heavy (non-hydrogen) atoms. The van der Waals surface area contributed by atoms with Crippen molar-refractivity contribution in [2.24, 2.45) is 0 Å². The van der Waals surface area contributed by atoms with Gasteiger partial charge in [-0.15, -0.1) is 0 Å². The van der Waals surface area contributed by atoms with E-state index in [9.17, 15) is 4.79 Å². The Hall–Kier alpha value is -0.830. The Labute approximate surface area is 117 Å². The number of benzene rings is 2. The third-order valence-corrected chi connectivity index (χ3v) is 3.94. The van der Waals surface area contributed by atoms with Crippen LogP contribution in [-0.2, 0) is 0 Å². The zero-order chi connectivity index (χ0) is 12.4. The third-order valence-electron chi connectivity index (χ3n) is 2.31. The molecule has 86 valence electrons. The number of carbonyl (C=O) groups excluding carboxylic acids is 1. The van der Waals surface area contributed by atoms with Crippen LogP contribution in [0.3, 0.4) is 0 Å². The van der Waals surface area contributed by atoms with Gasteiger partial charge in [0.25, 0.3) is 0 Å². The Morgan fingerprint density at radius 1 is 0.941 bits per heavy atom. The molecule has 2 aromatic carbocycles. The highest BCUT2D eigenvalue weighted by molar-refractivity contribution is 9.10. The molecule has 1 nitrogen and oxygen atoms in total. The number of rotatable bonds is 2. The summed E-state index contributed by atoms with van der Waals surface area (Å²) in [5.41, 5.74) is 0.892. The smallest absolute Gasteiger partial charge is 0.196 e. The molecule has 0 atom stereocenters. The van der Waals surface area contributed by atoms with Crippen LogP contribution in [-0.4, -0.2) is 5.78 Å². The van der Waals surface area contributed by atoms with E-state index in [-0.39, 0.29) is 5.78 Å². The van der Waals surface area contributed by atoms with Gasteiger partial charge in [0, 0.05) is 15.6 Å². The molecule has 2 aromatic rings. The molecule has 0 aromatic heterocycles. The molecule has 0 bridgehead atoms. The molecular formula is C13H7BrCl2O. The lowest BCUT2D eigenvalue weighted by Crippen LogP contribution is -2.03. The average molecular weight is 330 g/mol. The first-order chi connectivity index (χ1) is 8.11. The lowest BCUT2D eigenvalue weighted by atomic mass is 10.0. The van der Waals surface area contributed by atoms with Crippen molar-refractivity contribution in [1.29, 1.82) is 0 Å². The fraction of sp³-hybridized carbons (Fsp3) is 0. The SMILES string of the molecule is O=C(c1ccccc1Cl)c1cccc(Br)c1Cl. The molecule has 0 aliphatic rings. The van der Waals surface area contributed by atoms with E-state index < -0.39 is 0 Å². The summed E-state index contributed by atoms with van der Waals surface area (Å²) in [6.45, 7) is 0. The van der Waals surface area contributed by atoms with Crippen molar-refractivity contribution in [1.82, 2.24) is 0 Å². The maximum Gasteiger partial charge on any atom is 0.196 e. The Balaban J connectivity index is 2.52. The van der Waals surface area contributed by atoms with Crippen molar-refractivity contribution in [2.45, 2.75) is 0 Å². The van der Waals surface area contributed by atoms with Gasteiger partial charge < -0.3 is 0 Å². The van der Waals surface area contributed by atoms with Crippen LogP contribution >= 0.6 is 39.1 Å². The molecule has 0 aliphatic carbocycles. The molecule has 0 amide bonds. The van der Waals surface area contributed by atoms with Crippen molar-refractivity contribution in [3.63, 3.8) is 0 Å². The number of hydrogen-bond donors (Lipinski definition) is 0. The summed E-state index contributed by atoms with van der Waals surface area (Å²) in [5.74, 6) is -0.179. The van der Waals surface area contributed by atoms with E-state index in [1.807, 2.05) is 0 Å². The molecule has 0 saturated heterocycles. The normalized spacial score (nSPS) is 10.3. The van der Waals surface area contributed by atoms with Gasteiger partial charge in [0.05, 0.1) is 10.0 Å². The number of ketones is 1. The van der Waals surface area contributed by atoms with E-state index in [0.29, 0.717) is 25.6 Å². The summed E-state index contributed by atoms with van der Waals surface area (Å²) in [6.07, 6.45) is 0. The number of carbonyl (C=O) groups is 1. The van der Waals surface area contributed by atoms with Crippen molar-refractivity contribution in [2.75, 3.05) is 0 Å². The van der Waals surface area contributed by atoms with Crippen molar-refractivity contribution < 1.29 is 4.79 Å². The van der Waals surface area contributed by atoms with Gasteiger partial charge in [-0.25, -0.2) is 0 Å². The van der Waals surface area contributed by atoms with Crippen LogP contribution in [0.5, 0.6) is 0 Å². The summed E-state index contributed by atoms with van der Waals surface area (Å²) in [7, 11) is 0. The average Bonchev–Trinajstić information content (AvgIpc) is 2.32. The quantitative estimate of drug-likeness (QED) is 0.709. The maximum atomic E-state index is 12.3. The minimum absolute atomic E-state index is 0.179. The van der Waals surface area contributed by atoms with Gasteiger partial charge in [-0.2, -0.15) is 0 Å². The van der Waals surface area contributed by atoms with Crippen molar-refractivity contribution in [3.8, 4) is 0 Å². The fourth-order valence-electron chi connectivity index (χ4n) is 1.47. The predicted molar refractivity (Wildman–Crippen MR) is 74.0 cm³/mol.